The fraction of sp³-hybridized carbons (Fsp3) is 0.864. The van der Waals surface area contributed by atoms with Crippen LogP contribution >= 0.6 is 0 Å². The minimum atomic E-state index is -4.69. The van der Waals surface area contributed by atoms with Crippen molar-refractivity contribution in [1.82, 2.24) is 0 Å². The van der Waals surface area contributed by atoms with Gasteiger partial charge in [-0.2, -0.15) is 13.2 Å². The van der Waals surface area contributed by atoms with Crippen molar-refractivity contribution in [3.63, 3.8) is 0 Å². The maximum absolute atomic E-state index is 13.7. The second-order valence-electron chi connectivity index (χ2n) is 9.35. The van der Waals surface area contributed by atoms with Crippen LogP contribution in [0.2, 0.25) is 0 Å². The van der Waals surface area contributed by atoms with Crippen LogP contribution in [0.1, 0.15) is 79.6 Å². The van der Waals surface area contributed by atoms with Crippen LogP contribution in [0, 0.1) is 16.7 Å². The summed E-state index contributed by atoms with van der Waals surface area (Å²) in [5, 5.41) is 0. The molecule has 3 atom stereocenters. The smallest absolute Gasteiger partial charge is 0.425 e. The molecule has 0 heterocycles. The summed E-state index contributed by atoms with van der Waals surface area (Å²) in [5.74, 6) is -3.76. The molecule has 0 radical (unpaired) electrons. The third-order valence-corrected chi connectivity index (χ3v) is 5.91. The molecule has 1 aliphatic carbocycles. The number of rotatable bonds is 10. The molecular weight excluding hydrogens is 436 g/mol. The Labute approximate surface area is 186 Å². The molecule has 0 aromatic carbocycles. The molecule has 32 heavy (non-hydrogen) atoms. The zero-order chi connectivity index (χ0) is 24.7. The normalized spacial score (nSPS) is 19.4. The molecule has 0 spiro atoms. The maximum Gasteiger partial charge on any atom is 0.425 e. The molecule has 1 saturated carbocycles. The van der Waals surface area contributed by atoms with Gasteiger partial charge in [0.15, 0.2) is 12.7 Å². The molecule has 1 aliphatic rings. The van der Waals surface area contributed by atoms with Crippen molar-refractivity contribution in [3.05, 3.63) is 0 Å². The lowest BCUT2D eigenvalue weighted by atomic mass is 9.72. The standard InChI is InChI=1S/C22H34F4O6/c1-6-21(5,13-20(3,4)18(28)30-12-16(27)31-14(2)23)19(29)32-17(22(24,25)26)15-10-8-7-9-11-15/h14-15,17H,6-13H2,1-5H3. The summed E-state index contributed by atoms with van der Waals surface area (Å²) in [6, 6.07) is 0. The Hall–Kier alpha value is -1.87. The van der Waals surface area contributed by atoms with Gasteiger partial charge in [-0.05, 0) is 46.5 Å². The summed E-state index contributed by atoms with van der Waals surface area (Å²) in [5.41, 5.74) is -2.72. The number of esters is 3. The summed E-state index contributed by atoms with van der Waals surface area (Å²) in [4.78, 5) is 36.7. The van der Waals surface area contributed by atoms with Gasteiger partial charge in [0.2, 0.25) is 6.36 Å². The van der Waals surface area contributed by atoms with Gasteiger partial charge in [-0.3, -0.25) is 9.59 Å². The number of ether oxygens (including phenoxy) is 3. The zero-order valence-corrected chi connectivity index (χ0v) is 19.4. The summed E-state index contributed by atoms with van der Waals surface area (Å²) in [6.45, 7) is 6.12. The van der Waals surface area contributed by atoms with Crippen LogP contribution in [-0.2, 0) is 28.6 Å². The first-order chi connectivity index (χ1) is 14.6. The van der Waals surface area contributed by atoms with E-state index in [0.717, 1.165) is 13.3 Å². The van der Waals surface area contributed by atoms with Gasteiger partial charge in [-0.15, -0.1) is 0 Å². The lowest BCUT2D eigenvalue weighted by molar-refractivity contribution is -0.241. The number of carbonyl (C=O) groups excluding carboxylic acids is 3. The van der Waals surface area contributed by atoms with Crippen LogP contribution in [-0.4, -0.2) is 43.2 Å². The molecule has 1 fully saturated rings. The fourth-order valence-corrected chi connectivity index (χ4v) is 4.05. The molecule has 186 valence electrons. The van der Waals surface area contributed by atoms with Crippen molar-refractivity contribution < 1.29 is 46.2 Å². The van der Waals surface area contributed by atoms with Crippen molar-refractivity contribution >= 4 is 17.9 Å². The van der Waals surface area contributed by atoms with Crippen LogP contribution in [0.25, 0.3) is 0 Å². The van der Waals surface area contributed by atoms with Gasteiger partial charge in [0, 0.05) is 12.8 Å². The first-order valence-corrected chi connectivity index (χ1v) is 10.9. The van der Waals surface area contributed by atoms with Crippen LogP contribution in [0.4, 0.5) is 17.6 Å². The Bertz CT molecular complexity index is 655. The molecule has 3 unspecified atom stereocenters. The van der Waals surface area contributed by atoms with Crippen molar-refractivity contribution in [2.24, 2.45) is 16.7 Å². The van der Waals surface area contributed by atoms with E-state index in [9.17, 15) is 31.9 Å². The topological polar surface area (TPSA) is 78.9 Å². The molecule has 0 saturated heterocycles. The van der Waals surface area contributed by atoms with E-state index in [-0.39, 0.29) is 12.8 Å². The lowest BCUT2D eigenvalue weighted by Gasteiger charge is -2.37. The molecule has 6 nitrogen and oxygen atoms in total. The van der Waals surface area contributed by atoms with E-state index in [1.54, 1.807) is 6.92 Å². The van der Waals surface area contributed by atoms with E-state index < -0.39 is 59.9 Å². The quantitative estimate of drug-likeness (QED) is 0.246. The molecule has 0 aromatic rings. The van der Waals surface area contributed by atoms with Crippen LogP contribution < -0.4 is 0 Å². The predicted octanol–water partition coefficient (Wildman–Crippen LogP) is 5.28. The largest absolute Gasteiger partial charge is 0.453 e. The van der Waals surface area contributed by atoms with Crippen LogP contribution in [0.15, 0.2) is 0 Å². The van der Waals surface area contributed by atoms with Crippen LogP contribution in [0.3, 0.4) is 0 Å². The highest BCUT2D eigenvalue weighted by Gasteiger charge is 2.51. The van der Waals surface area contributed by atoms with Gasteiger partial charge < -0.3 is 14.2 Å². The molecule has 10 heteroatoms. The molecule has 0 aromatic heterocycles. The van der Waals surface area contributed by atoms with Gasteiger partial charge in [-0.25, -0.2) is 9.18 Å². The highest BCUT2D eigenvalue weighted by atomic mass is 19.4. The average Bonchev–Trinajstić information content (AvgIpc) is 2.68. The van der Waals surface area contributed by atoms with E-state index in [4.69, 9.17) is 9.47 Å². The molecule has 0 amide bonds. The summed E-state index contributed by atoms with van der Waals surface area (Å²) >= 11 is 0. The minimum Gasteiger partial charge on any atom is -0.453 e. The zero-order valence-electron chi connectivity index (χ0n) is 19.4. The van der Waals surface area contributed by atoms with Crippen LogP contribution in [0.5, 0.6) is 0 Å². The Morgan fingerprint density at radius 1 is 0.969 bits per heavy atom. The molecule has 1 rings (SSSR count). The van der Waals surface area contributed by atoms with E-state index in [0.29, 0.717) is 25.7 Å². The highest BCUT2D eigenvalue weighted by molar-refractivity contribution is 5.82. The molecule has 0 N–H and O–H groups in total. The average molecular weight is 471 g/mol. The summed E-state index contributed by atoms with van der Waals surface area (Å²) < 4.78 is 67.8. The van der Waals surface area contributed by atoms with Crippen molar-refractivity contribution in [1.29, 1.82) is 0 Å². The lowest BCUT2D eigenvalue weighted by Crippen LogP contribution is -2.46. The number of alkyl halides is 4. The first kappa shape index (κ1) is 28.2. The molecule has 0 bridgehead atoms. The van der Waals surface area contributed by atoms with E-state index >= 15 is 0 Å². The summed E-state index contributed by atoms with van der Waals surface area (Å²) in [7, 11) is 0. The third-order valence-electron chi connectivity index (χ3n) is 5.91. The number of hydrogen-bond acceptors (Lipinski definition) is 6. The Kier molecular flexibility index (Phi) is 9.96. The molecule has 0 aliphatic heterocycles. The third kappa shape index (κ3) is 8.24. The number of hydrogen-bond donors (Lipinski definition) is 0. The Morgan fingerprint density at radius 2 is 1.53 bits per heavy atom. The van der Waals surface area contributed by atoms with Gasteiger partial charge in [0.25, 0.3) is 0 Å². The van der Waals surface area contributed by atoms with Crippen molar-refractivity contribution in [2.45, 2.75) is 98.2 Å². The van der Waals surface area contributed by atoms with Crippen molar-refractivity contribution in [3.8, 4) is 0 Å². The van der Waals surface area contributed by atoms with Crippen molar-refractivity contribution in [2.75, 3.05) is 6.61 Å². The van der Waals surface area contributed by atoms with E-state index in [1.807, 2.05) is 0 Å². The van der Waals surface area contributed by atoms with Gasteiger partial charge in [0.05, 0.1) is 10.8 Å². The first-order valence-electron chi connectivity index (χ1n) is 10.9. The highest BCUT2D eigenvalue weighted by Crippen LogP contribution is 2.42. The fourth-order valence-electron chi connectivity index (χ4n) is 4.05. The Balaban J connectivity index is 2.88. The Morgan fingerprint density at radius 3 is 2.00 bits per heavy atom. The second-order valence-corrected chi connectivity index (χ2v) is 9.35. The number of carbonyl (C=O) groups is 3. The second kappa shape index (κ2) is 11.3. The summed E-state index contributed by atoms with van der Waals surface area (Å²) in [6.07, 6.45) is -5.93. The van der Waals surface area contributed by atoms with E-state index in [2.05, 4.69) is 4.74 Å². The minimum absolute atomic E-state index is 0.124. The predicted molar refractivity (Wildman–Crippen MR) is 107 cm³/mol. The monoisotopic (exact) mass is 470 g/mol. The molecular formula is C22H34F4O6. The van der Waals surface area contributed by atoms with Gasteiger partial charge in [-0.1, -0.05) is 26.2 Å². The number of halogens is 4. The SMILES string of the molecule is CCC(C)(CC(C)(C)C(=O)OCC(=O)OC(C)F)C(=O)OC(C1CCCCC1)C(F)(F)F. The van der Waals surface area contributed by atoms with Gasteiger partial charge >= 0.3 is 24.1 Å². The maximum atomic E-state index is 13.7. The van der Waals surface area contributed by atoms with E-state index in [1.165, 1.54) is 20.8 Å². The van der Waals surface area contributed by atoms with Gasteiger partial charge in [0.1, 0.15) is 0 Å².